The number of piperidine rings is 1. The van der Waals surface area contributed by atoms with Gasteiger partial charge in [-0.15, -0.1) is 0 Å². The third kappa shape index (κ3) is 7.08. The third-order valence-electron chi connectivity index (χ3n) is 9.89. The number of rotatable bonds is 11. The average Bonchev–Trinajstić information content (AvgIpc) is 3.33. The van der Waals surface area contributed by atoms with Gasteiger partial charge in [-0.2, -0.15) is 0 Å². The Morgan fingerprint density at radius 2 is 1.84 bits per heavy atom. The van der Waals surface area contributed by atoms with Crippen molar-refractivity contribution in [2.75, 3.05) is 38.0 Å². The van der Waals surface area contributed by atoms with Crippen LogP contribution in [0.3, 0.4) is 0 Å². The molecule has 3 aromatic rings. The number of imide groups is 2. The number of carbonyl (C=O) groups excluding carboxylic acids is 4. The molecule has 7 rings (SSSR count). The molecular weight excluding hydrogens is 622 g/mol. The fourth-order valence-electron chi connectivity index (χ4n) is 7.06. The summed E-state index contributed by atoms with van der Waals surface area (Å²) in [6.07, 6.45) is 9.37. The molecule has 5 N–H and O–H groups in total. The lowest BCUT2D eigenvalue weighted by Gasteiger charge is -2.32. The molecular formula is C36H41N9O4. The zero-order valence-corrected chi connectivity index (χ0v) is 27.4. The van der Waals surface area contributed by atoms with Crippen molar-refractivity contribution in [3.63, 3.8) is 0 Å². The maximum absolute atomic E-state index is 13.1. The summed E-state index contributed by atoms with van der Waals surface area (Å²) < 4.78 is 0. The average molecular weight is 664 g/mol. The van der Waals surface area contributed by atoms with Gasteiger partial charge in [0.25, 0.3) is 11.8 Å². The van der Waals surface area contributed by atoms with Gasteiger partial charge in [-0.3, -0.25) is 44.3 Å². The first kappa shape index (κ1) is 32.5. The molecule has 1 saturated carbocycles. The van der Waals surface area contributed by atoms with Crippen molar-refractivity contribution < 1.29 is 19.2 Å². The van der Waals surface area contributed by atoms with Crippen LogP contribution >= 0.6 is 0 Å². The van der Waals surface area contributed by atoms with Gasteiger partial charge in [0, 0.05) is 69.4 Å². The van der Waals surface area contributed by atoms with E-state index in [1.807, 2.05) is 12.3 Å². The Bertz CT molecular complexity index is 1850. The molecule has 1 aromatic heterocycles. The molecule has 3 fully saturated rings. The Labute approximate surface area is 284 Å². The van der Waals surface area contributed by atoms with Crippen LogP contribution in [0.15, 0.2) is 53.8 Å². The van der Waals surface area contributed by atoms with Crippen molar-refractivity contribution in [2.24, 2.45) is 16.6 Å². The molecule has 1 atom stereocenters. The number of allylic oxidation sites excluding steroid dienone is 1. The van der Waals surface area contributed by atoms with E-state index >= 15 is 0 Å². The number of carbonyl (C=O) groups is 4. The van der Waals surface area contributed by atoms with Crippen molar-refractivity contribution in [2.45, 2.75) is 57.2 Å². The van der Waals surface area contributed by atoms with Crippen LogP contribution in [0.25, 0.3) is 16.6 Å². The first-order valence-electron chi connectivity index (χ1n) is 17.1. The number of amides is 4. The van der Waals surface area contributed by atoms with Crippen molar-refractivity contribution in [3.8, 4) is 0 Å². The lowest BCUT2D eigenvalue weighted by molar-refractivity contribution is -0.136. The van der Waals surface area contributed by atoms with E-state index in [-0.39, 0.29) is 30.0 Å². The summed E-state index contributed by atoms with van der Waals surface area (Å²) in [5, 5.41) is 8.97. The van der Waals surface area contributed by atoms with E-state index in [2.05, 4.69) is 38.0 Å². The predicted octanol–water partition coefficient (Wildman–Crippen LogP) is 2.48. The fraction of sp³-hybridized carbons (Fsp3) is 0.417. The lowest BCUT2D eigenvalue weighted by atomic mass is 9.78. The van der Waals surface area contributed by atoms with Gasteiger partial charge in [0.15, 0.2) is 0 Å². The summed E-state index contributed by atoms with van der Waals surface area (Å²) in [6, 6.07) is 10.6. The van der Waals surface area contributed by atoms with Crippen molar-refractivity contribution in [1.82, 2.24) is 30.4 Å². The number of aliphatic imine (C=N–C) groups is 1. The van der Waals surface area contributed by atoms with E-state index in [1.165, 1.54) is 5.56 Å². The maximum Gasteiger partial charge on any atom is 0.262 e. The smallest absolute Gasteiger partial charge is 0.262 e. The SMILES string of the molecule is NC=C(C=NC1CC(CCCNc2ccc3c(c2)C(=O)N(C2CCC(=O)NC2=O)C3=O)C1)c1cnc2ccc(CN3CCNCC3)cc2n1. The molecule has 1 unspecified atom stereocenters. The molecule has 4 heterocycles. The maximum atomic E-state index is 13.1. The second kappa shape index (κ2) is 14.2. The van der Waals surface area contributed by atoms with Crippen LogP contribution in [-0.2, 0) is 16.1 Å². The Hall–Kier alpha value is -5.01. The summed E-state index contributed by atoms with van der Waals surface area (Å²) in [5.74, 6) is -1.42. The Balaban J connectivity index is 0.864. The highest BCUT2D eigenvalue weighted by molar-refractivity contribution is 6.23. The minimum Gasteiger partial charge on any atom is -0.404 e. The van der Waals surface area contributed by atoms with Crippen LogP contribution in [0.5, 0.6) is 0 Å². The minimum absolute atomic E-state index is 0.0928. The zero-order valence-electron chi connectivity index (χ0n) is 27.4. The number of benzene rings is 2. The normalized spacial score (nSPS) is 23.2. The molecule has 13 nitrogen and oxygen atoms in total. The van der Waals surface area contributed by atoms with E-state index in [1.54, 1.807) is 30.6 Å². The van der Waals surface area contributed by atoms with E-state index in [0.29, 0.717) is 11.6 Å². The standard InChI is InChI=1S/C36H41N9O4/c37-18-24(31-20-41-29-6-3-23(16-30(29)42-31)21-44-12-10-38-11-13-44)19-40-26-14-22(15-26)2-1-9-39-25-4-5-27-28(17-25)36(49)45(35(27)48)32-7-8-33(46)43-34(32)47/h3-6,16-20,22,26,32,38-39H,1-2,7-15,21,37H2,(H,43,46,47). The third-order valence-corrected chi connectivity index (χ3v) is 9.89. The Morgan fingerprint density at radius 1 is 1.02 bits per heavy atom. The van der Waals surface area contributed by atoms with Crippen molar-refractivity contribution in [1.29, 1.82) is 0 Å². The molecule has 0 bridgehead atoms. The second-order valence-electron chi connectivity index (χ2n) is 13.3. The molecule has 254 valence electrons. The summed E-state index contributed by atoms with van der Waals surface area (Å²) in [4.78, 5) is 67.5. The van der Waals surface area contributed by atoms with Crippen molar-refractivity contribution in [3.05, 3.63) is 71.2 Å². The molecule has 49 heavy (non-hydrogen) atoms. The number of nitrogens with zero attached hydrogens (tertiary/aromatic N) is 5. The zero-order chi connectivity index (χ0) is 33.9. The molecule has 3 aliphatic heterocycles. The highest BCUT2D eigenvalue weighted by Gasteiger charge is 2.44. The molecule has 0 radical (unpaired) electrons. The summed E-state index contributed by atoms with van der Waals surface area (Å²) in [6.45, 7) is 5.73. The number of nitrogens with one attached hydrogen (secondary N) is 3. The van der Waals surface area contributed by atoms with Crippen molar-refractivity contribution >= 4 is 52.1 Å². The summed E-state index contributed by atoms with van der Waals surface area (Å²) in [7, 11) is 0. The highest BCUT2D eigenvalue weighted by atomic mass is 16.2. The summed E-state index contributed by atoms with van der Waals surface area (Å²) in [5.41, 5.74) is 11.7. The van der Waals surface area contributed by atoms with Gasteiger partial charge in [-0.05, 0) is 73.9 Å². The van der Waals surface area contributed by atoms with Gasteiger partial charge in [0.1, 0.15) is 6.04 Å². The van der Waals surface area contributed by atoms with Gasteiger partial charge in [0.05, 0.1) is 40.1 Å². The number of anilines is 1. The first-order chi connectivity index (χ1) is 23.9. The Kier molecular flexibility index (Phi) is 9.45. The van der Waals surface area contributed by atoms with E-state index < -0.39 is 29.7 Å². The van der Waals surface area contributed by atoms with Gasteiger partial charge in [-0.25, -0.2) is 4.98 Å². The molecule has 2 aromatic carbocycles. The number of hydrogen-bond donors (Lipinski definition) is 4. The highest BCUT2D eigenvalue weighted by Crippen LogP contribution is 2.34. The van der Waals surface area contributed by atoms with Crippen LogP contribution in [0.2, 0.25) is 0 Å². The van der Waals surface area contributed by atoms with E-state index in [0.717, 1.165) is 92.1 Å². The lowest BCUT2D eigenvalue weighted by Crippen LogP contribution is -2.54. The van der Waals surface area contributed by atoms with Gasteiger partial charge < -0.3 is 16.4 Å². The monoisotopic (exact) mass is 663 g/mol. The molecule has 2 saturated heterocycles. The van der Waals surface area contributed by atoms with Gasteiger partial charge in [-0.1, -0.05) is 6.07 Å². The second-order valence-corrected chi connectivity index (χ2v) is 13.3. The van der Waals surface area contributed by atoms with Crippen LogP contribution in [0.1, 0.15) is 70.5 Å². The largest absolute Gasteiger partial charge is 0.404 e. The Morgan fingerprint density at radius 3 is 2.63 bits per heavy atom. The molecule has 13 heteroatoms. The fourth-order valence-corrected chi connectivity index (χ4v) is 7.06. The molecule has 0 spiro atoms. The quantitative estimate of drug-likeness (QED) is 0.136. The molecule has 1 aliphatic carbocycles. The summed E-state index contributed by atoms with van der Waals surface area (Å²) >= 11 is 0. The van der Waals surface area contributed by atoms with Crippen LogP contribution in [0, 0.1) is 5.92 Å². The molecule has 4 aliphatic rings. The van der Waals surface area contributed by atoms with Crippen LogP contribution < -0.4 is 21.7 Å². The number of nitrogens with two attached hydrogens (primary N) is 1. The minimum atomic E-state index is -0.969. The number of hydrogen-bond acceptors (Lipinski definition) is 11. The number of aromatic nitrogens is 2. The topological polar surface area (TPSA) is 175 Å². The number of piperazine rings is 1. The molecule has 4 amide bonds. The number of fused-ring (bicyclic) bond motifs is 2. The van der Waals surface area contributed by atoms with E-state index in [9.17, 15) is 19.2 Å². The van der Waals surface area contributed by atoms with Crippen LogP contribution in [0.4, 0.5) is 5.69 Å². The first-order valence-corrected chi connectivity index (χ1v) is 17.1. The van der Waals surface area contributed by atoms with Gasteiger partial charge in [0.2, 0.25) is 11.8 Å². The van der Waals surface area contributed by atoms with Crippen LogP contribution in [-0.4, -0.2) is 94.4 Å². The predicted molar refractivity (Wildman–Crippen MR) is 186 cm³/mol. The van der Waals surface area contributed by atoms with E-state index in [4.69, 9.17) is 15.7 Å². The van der Waals surface area contributed by atoms with Gasteiger partial charge >= 0.3 is 0 Å².